The summed E-state index contributed by atoms with van der Waals surface area (Å²) in [6.07, 6.45) is 3.64. The zero-order valence-electron chi connectivity index (χ0n) is 15.3. The van der Waals surface area contributed by atoms with Gasteiger partial charge < -0.3 is 5.32 Å². The van der Waals surface area contributed by atoms with Crippen molar-refractivity contribution in [3.05, 3.63) is 70.8 Å². The summed E-state index contributed by atoms with van der Waals surface area (Å²) in [7, 11) is 0. The van der Waals surface area contributed by atoms with Gasteiger partial charge in [0.2, 0.25) is 0 Å². The molecule has 0 radical (unpaired) electrons. The van der Waals surface area contributed by atoms with Crippen LogP contribution in [-0.4, -0.2) is 23.9 Å². The molecule has 0 aromatic heterocycles. The Morgan fingerprint density at radius 2 is 1.60 bits per heavy atom. The van der Waals surface area contributed by atoms with E-state index >= 15 is 0 Å². The molecule has 3 heteroatoms. The first-order valence-corrected chi connectivity index (χ1v) is 9.36. The fraction of sp³-hybridized carbons (Fsp3) is 0.409. The van der Waals surface area contributed by atoms with Crippen molar-refractivity contribution in [3.8, 4) is 0 Å². The molecule has 25 heavy (non-hydrogen) atoms. The molecular weight excluding hydrogens is 308 g/mol. The Balaban J connectivity index is 1.58. The van der Waals surface area contributed by atoms with Gasteiger partial charge in [-0.05, 0) is 68.1 Å². The highest BCUT2D eigenvalue weighted by molar-refractivity contribution is 5.94. The minimum absolute atomic E-state index is 0.00248. The molecule has 1 aliphatic rings. The van der Waals surface area contributed by atoms with Crippen molar-refractivity contribution in [2.45, 2.75) is 45.7 Å². The van der Waals surface area contributed by atoms with Crippen LogP contribution in [0.25, 0.3) is 0 Å². The Morgan fingerprint density at radius 3 is 2.20 bits per heavy atom. The molecule has 3 nitrogen and oxygen atoms in total. The molecule has 2 aromatic rings. The summed E-state index contributed by atoms with van der Waals surface area (Å²) < 4.78 is 0. The van der Waals surface area contributed by atoms with E-state index in [2.05, 4.69) is 53.5 Å². The molecule has 1 amide bonds. The van der Waals surface area contributed by atoms with E-state index in [4.69, 9.17) is 0 Å². The number of hydrogen-bond donors (Lipinski definition) is 1. The molecular formula is C22H28N2O. The average molecular weight is 336 g/mol. The van der Waals surface area contributed by atoms with Crippen LogP contribution in [0.5, 0.6) is 0 Å². The lowest BCUT2D eigenvalue weighted by Crippen LogP contribution is -2.26. The standard InChI is InChI=1S/C22H28N2O/c1-3-18-6-10-20(11-7-18)17(2)23-22(25)21-12-8-19(9-13-21)16-24-14-4-5-15-24/h6-13,17H,3-5,14-16H2,1-2H3,(H,23,25)/t17-/m1/s1. The number of nitrogens with one attached hydrogen (secondary N) is 1. The van der Waals surface area contributed by atoms with Crippen LogP contribution in [0.3, 0.4) is 0 Å². The van der Waals surface area contributed by atoms with E-state index < -0.39 is 0 Å². The van der Waals surface area contributed by atoms with Gasteiger partial charge in [-0.25, -0.2) is 0 Å². The topological polar surface area (TPSA) is 32.3 Å². The lowest BCUT2D eigenvalue weighted by Gasteiger charge is -2.16. The van der Waals surface area contributed by atoms with Crippen molar-refractivity contribution in [2.75, 3.05) is 13.1 Å². The summed E-state index contributed by atoms with van der Waals surface area (Å²) in [5.74, 6) is -0.0141. The highest BCUT2D eigenvalue weighted by Crippen LogP contribution is 2.16. The van der Waals surface area contributed by atoms with Gasteiger partial charge in [0.05, 0.1) is 6.04 Å². The molecule has 0 saturated carbocycles. The lowest BCUT2D eigenvalue weighted by atomic mass is 10.0. The van der Waals surface area contributed by atoms with Gasteiger partial charge in [0, 0.05) is 12.1 Å². The second-order valence-electron chi connectivity index (χ2n) is 6.97. The second kappa shape index (κ2) is 8.30. The summed E-state index contributed by atoms with van der Waals surface area (Å²) in [5, 5.41) is 3.09. The highest BCUT2D eigenvalue weighted by Gasteiger charge is 2.13. The van der Waals surface area contributed by atoms with Crippen LogP contribution in [0.2, 0.25) is 0 Å². The number of carbonyl (C=O) groups excluding carboxylic acids is 1. The number of carbonyl (C=O) groups is 1. The fourth-order valence-electron chi connectivity index (χ4n) is 3.37. The van der Waals surface area contributed by atoms with Crippen molar-refractivity contribution >= 4 is 5.91 Å². The molecule has 1 saturated heterocycles. The average Bonchev–Trinajstić information content (AvgIpc) is 3.15. The smallest absolute Gasteiger partial charge is 0.251 e. The summed E-state index contributed by atoms with van der Waals surface area (Å²) in [6, 6.07) is 16.5. The van der Waals surface area contributed by atoms with Gasteiger partial charge in [-0.15, -0.1) is 0 Å². The third-order valence-electron chi connectivity index (χ3n) is 5.06. The van der Waals surface area contributed by atoms with Crippen molar-refractivity contribution in [1.82, 2.24) is 10.2 Å². The Bertz CT molecular complexity index is 685. The van der Waals surface area contributed by atoms with Gasteiger partial charge in [0.25, 0.3) is 5.91 Å². The number of nitrogens with zero attached hydrogens (tertiary/aromatic N) is 1. The van der Waals surface area contributed by atoms with Crippen LogP contribution in [0, 0.1) is 0 Å². The van der Waals surface area contributed by atoms with Gasteiger partial charge in [-0.1, -0.05) is 43.3 Å². The molecule has 0 unspecified atom stereocenters. The van der Waals surface area contributed by atoms with E-state index in [0.717, 1.165) is 24.1 Å². The van der Waals surface area contributed by atoms with Crippen LogP contribution < -0.4 is 5.32 Å². The van der Waals surface area contributed by atoms with Crippen LogP contribution in [0.4, 0.5) is 0 Å². The first-order valence-electron chi connectivity index (χ1n) is 9.36. The molecule has 1 atom stereocenters. The Morgan fingerprint density at radius 1 is 1.00 bits per heavy atom. The van der Waals surface area contributed by atoms with E-state index in [1.807, 2.05) is 19.1 Å². The Hall–Kier alpha value is -2.13. The molecule has 1 heterocycles. The maximum absolute atomic E-state index is 12.5. The molecule has 1 aliphatic heterocycles. The van der Waals surface area contributed by atoms with E-state index in [-0.39, 0.29) is 11.9 Å². The summed E-state index contributed by atoms with van der Waals surface area (Å²) >= 11 is 0. The number of likely N-dealkylation sites (tertiary alicyclic amines) is 1. The zero-order valence-corrected chi connectivity index (χ0v) is 15.3. The fourth-order valence-corrected chi connectivity index (χ4v) is 3.37. The third kappa shape index (κ3) is 4.70. The molecule has 0 bridgehead atoms. The highest BCUT2D eigenvalue weighted by atomic mass is 16.1. The van der Waals surface area contributed by atoms with Crippen LogP contribution in [0.15, 0.2) is 48.5 Å². The van der Waals surface area contributed by atoms with Crippen LogP contribution in [-0.2, 0) is 13.0 Å². The predicted molar refractivity (Wildman–Crippen MR) is 103 cm³/mol. The zero-order chi connectivity index (χ0) is 17.6. The van der Waals surface area contributed by atoms with Crippen molar-refractivity contribution < 1.29 is 4.79 Å². The molecule has 132 valence electrons. The van der Waals surface area contributed by atoms with Crippen molar-refractivity contribution in [1.29, 1.82) is 0 Å². The number of amides is 1. The minimum Gasteiger partial charge on any atom is -0.346 e. The van der Waals surface area contributed by atoms with Crippen molar-refractivity contribution in [2.24, 2.45) is 0 Å². The van der Waals surface area contributed by atoms with E-state index in [1.54, 1.807) is 0 Å². The van der Waals surface area contributed by atoms with Gasteiger partial charge in [0.1, 0.15) is 0 Å². The second-order valence-corrected chi connectivity index (χ2v) is 6.97. The Labute approximate surface area is 151 Å². The number of benzene rings is 2. The van der Waals surface area contributed by atoms with Gasteiger partial charge >= 0.3 is 0 Å². The third-order valence-corrected chi connectivity index (χ3v) is 5.06. The van der Waals surface area contributed by atoms with Gasteiger partial charge in [-0.3, -0.25) is 9.69 Å². The number of hydrogen-bond acceptors (Lipinski definition) is 2. The normalized spacial score (nSPS) is 15.9. The minimum atomic E-state index is -0.0141. The largest absolute Gasteiger partial charge is 0.346 e. The predicted octanol–water partition coefficient (Wildman–Crippen LogP) is 4.34. The molecule has 0 aliphatic carbocycles. The molecule has 0 spiro atoms. The van der Waals surface area contributed by atoms with Crippen molar-refractivity contribution in [3.63, 3.8) is 0 Å². The van der Waals surface area contributed by atoms with Crippen LogP contribution in [0.1, 0.15) is 59.8 Å². The van der Waals surface area contributed by atoms with Gasteiger partial charge in [-0.2, -0.15) is 0 Å². The maximum Gasteiger partial charge on any atom is 0.251 e. The molecule has 3 rings (SSSR count). The Kier molecular flexibility index (Phi) is 5.87. The number of rotatable bonds is 6. The lowest BCUT2D eigenvalue weighted by molar-refractivity contribution is 0.0940. The molecule has 1 fully saturated rings. The first-order chi connectivity index (χ1) is 12.2. The SMILES string of the molecule is CCc1ccc([C@@H](C)NC(=O)c2ccc(CN3CCCC3)cc2)cc1. The quantitative estimate of drug-likeness (QED) is 0.851. The molecule has 2 aromatic carbocycles. The van der Waals surface area contributed by atoms with Crippen LogP contribution >= 0.6 is 0 Å². The summed E-state index contributed by atoms with van der Waals surface area (Å²) in [5.41, 5.74) is 4.45. The summed E-state index contributed by atoms with van der Waals surface area (Å²) in [4.78, 5) is 15.0. The number of aryl methyl sites for hydroxylation is 1. The maximum atomic E-state index is 12.5. The van der Waals surface area contributed by atoms with E-state index in [0.29, 0.717) is 0 Å². The van der Waals surface area contributed by atoms with E-state index in [9.17, 15) is 4.79 Å². The van der Waals surface area contributed by atoms with E-state index in [1.165, 1.54) is 37.1 Å². The first kappa shape index (κ1) is 17.7. The monoisotopic (exact) mass is 336 g/mol. The molecule has 1 N–H and O–H groups in total. The van der Waals surface area contributed by atoms with Gasteiger partial charge in [0.15, 0.2) is 0 Å². The summed E-state index contributed by atoms with van der Waals surface area (Å²) in [6.45, 7) is 7.55.